The smallest absolute Gasteiger partial charge is 0.109 e. The zero-order chi connectivity index (χ0) is 4.12. The van der Waals surface area contributed by atoms with Gasteiger partial charge in [0.2, 0.25) is 0 Å². The number of hydrogen-bond acceptors (Lipinski definition) is 0. The molecule has 0 aliphatic rings. The van der Waals surface area contributed by atoms with Crippen molar-refractivity contribution in [3.8, 4) is 0 Å². The minimum Gasteiger partial charge on any atom is -0.252 e. The molecule has 0 spiro atoms. The Kier molecular flexibility index (Phi) is 3.99. The van der Waals surface area contributed by atoms with Gasteiger partial charge >= 0.3 is 0 Å². The first-order chi connectivity index (χ1) is 2.41. The molecule has 0 N–H and O–H groups in total. The first-order valence-corrected chi connectivity index (χ1v) is 1.75. The molecule has 2 heteroatoms. The summed E-state index contributed by atoms with van der Waals surface area (Å²) in [6.45, 7) is 1.64. The summed E-state index contributed by atoms with van der Waals surface area (Å²) in [5.74, 6) is 0. The van der Waals surface area contributed by atoms with Crippen molar-refractivity contribution in [1.29, 1.82) is 0 Å². The van der Waals surface area contributed by atoms with Crippen molar-refractivity contribution in [2.24, 2.45) is 0 Å². The molecule has 0 saturated heterocycles. The summed E-state index contributed by atoms with van der Waals surface area (Å²) >= 11 is 0. The van der Waals surface area contributed by atoms with Crippen LogP contribution in [0.4, 0.5) is 4.39 Å². The van der Waals surface area contributed by atoms with Crippen LogP contribution in [0.1, 0.15) is 0 Å². The molecule has 5 heavy (non-hydrogen) atoms. The maximum absolute atomic E-state index is 11.0. The van der Waals surface area contributed by atoms with Crippen LogP contribution in [0.5, 0.6) is 0 Å². The predicted molar refractivity (Wildman–Crippen MR) is 22.4 cm³/mol. The lowest BCUT2D eigenvalue weighted by Crippen LogP contribution is -1.78. The molecular formula is C3H7BF. The number of rotatable bonds is 2. The second-order valence-corrected chi connectivity index (χ2v) is 0.886. The molecule has 0 rings (SSSR count). The fourth-order valence-electron chi connectivity index (χ4n) is 0.109. The van der Waals surface area contributed by atoms with Crippen LogP contribution in [-0.4, -0.2) is 14.0 Å². The molecule has 0 heterocycles. The molecule has 0 aliphatic carbocycles. The topological polar surface area (TPSA) is 0 Å². The lowest BCUT2D eigenvalue weighted by molar-refractivity contribution is 0.526. The predicted octanol–water partition coefficient (Wildman–Crippen LogP) is 1.13. The van der Waals surface area contributed by atoms with E-state index in [1.165, 1.54) is 0 Å². The highest BCUT2D eigenvalue weighted by Crippen LogP contribution is 1.74. The third-order valence-corrected chi connectivity index (χ3v) is 0.398. The first kappa shape index (κ1) is 4.99. The second kappa shape index (κ2) is 3.99. The molecule has 29 valence electrons. The Morgan fingerprint density at radius 2 is 2.40 bits per heavy atom. The third kappa shape index (κ3) is 3.99. The highest BCUT2D eigenvalue weighted by molar-refractivity contribution is 6.33. The Balaban J connectivity index is 2.19. The minimum absolute atomic E-state index is 0.212. The maximum atomic E-state index is 11.0. The fourth-order valence-corrected chi connectivity index (χ4v) is 0.109. The summed E-state index contributed by atoms with van der Waals surface area (Å²) in [5.41, 5.74) is 0. The van der Waals surface area contributed by atoms with Crippen LogP contribution in [0.25, 0.3) is 0 Å². The molecule has 1 radical (unpaired) electrons. The fraction of sp³-hybridized carbons (Fsp3) is 1.00. The van der Waals surface area contributed by atoms with E-state index in [2.05, 4.69) is 0 Å². The van der Waals surface area contributed by atoms with Crippen LogP contribution < -0.4 is 0 Å². The van der Waals surface area contributed by atoms with Crippen LogP contribution in [0.2, 0.25) is 13.1 Å². The van der Waals surface area contributed by atoms with Crippen molar-refractivity contribution in [3.05, 3.63) is 0 Å². The van der Waals surface area contributed by atoms with Crippen LogP contribution in [0.3, 0.4) is 0 Å². The van der Waals surface area contributed by atoms with Crippen LogP contribution in [-0.2, 0) is 0 Å². The van der Waals surface area contributed by atoms with Gasteiger partial charge in [0.05, 0.1) is 6.67 Å². The third-order valence-electron chi connectivity index (χ3n) is 0.398. The van der Waals surface area contributed by atoms with Gasteiger partial charge in [-0.3, -0.25) is 4.39 Å². The molecule has 0 bridgehead atoms. The average Bonchev–Trinajstić information content (AvgIpc) is 1.41. The van der Waals surface area contributed by atoms with Crippen molar-refractivity contribution >= 4 is 7.28 Å². The largest absolute Gasteiger partial charge is 0.252 e. The number of halogens is 1. The highest BCUT2D eigenvalue weighted by atomic mass is 19.1. The van der Waals surface area contributed by atoms with Gasteiger partial charge in [-0.15, -0.1) is 0 Å². The zero-order valence-corrected chi connectivity index (χ0v) is 3.37. The van der Waals surface area contributed by atoms with Crippen molar-refractivity contribution in [2.75, 3.05) is 6.67 Å². The van der Waals surface area contributed by atoms with Gasteiger partial charge in [0.25, 0.3) is 0 Å². The van der Waals surface area contributed by atoms with Crippen LogP contribution in [0, 0.1) is 0 Å². The van der Waals surface area contributed by atoms with Crippen molar-refractivity contribution in [3.63, 3.8) is 0 Å². The van der Waals surface area contributed by atoms with E-state index >= 15 is 0 Å². The van der Waals surface area contributed by atoms with Gasteiger partial charge in [-0.05, 0) is 0 Å². The van der Waals surface area contributed by atoms with E-state index in [0.29, 0.717) is 6.32 Å². The summed E-state index contributed by atoms with van der Waals surface area (Å²) in [7, 11) is 1.81. The van der Waals surface area contributed by atoms with Crippen LogP contribution in [0.15, 0.2) is 0 Å². The summed E-state index contributed by atoms with van der Waals surface area (Å²) in [5, 5.41) is 0. The van der Waals surface area contributed by atoms with Gasteiger partial charge < -0.3 is 0 Å². The van der Waals surface area contributed by atoms with Gasteiger partial charge in [0.1, 0.15) is 7.28 Å². The second-order valence-electron chi connectivity index (χ2n) is 0.886. The Bertz CT molecular complexity index is 14.4. The lowest BCUT2D eigenvalue weighted by Gasteiger charge is -1.73. The summed E-state index contributed by atoms with van der Waals surface area (Å²) in [6, 6.07) is 0. The van der Waals surface area contributed by atoms with E-state index in [4.69, 9.17) is 0 Å². The van der Waals surface area contributed by atoms with Crippen LogP contribution >= 0.6 is 0 Å². The molecule has 0 atom stereocenters. The molecule has 0 aromatic rings. The summed E-state index contributed by atoms with van der Waals surface area (Å²) in [4.78, 5) is 0. The SMILES string of the molecule is C[B]CCF. The standard InChI is InChI=1S/C3H7BF/c1-4-2-3-5/h2-3H2,1H3. The zero-order valence-electron chi connectivity index (χ0n) is 3.37. The normalized spacial score (nSPS) is 7.60. The van der Waals surface area contributed by atoms with Crippen molar-refractivity contribution < 1.29 is 4.39 Å². The van der Waals surface area contributed by atoms with E-state index in [1.807, 2.05) is 6.82 Å². The number of hydrogen-bond donors (Lipinski definition) is 0. The Labute approximate surface area is 32.6 Å². The maximum Gasteiger partial charge on any atom is 0.109 e. The molecule has 0 unspecified atom stereocenters. The van der Waals surface area contributed by atoms with Gasteiger partial charge in [0.15, 0.2) is 0 Å². The average molecular weight is 72.9 g/mol. The van der Waals surface area contributed by atoms with E-state index in [0.717, 1.165) is 0 Å². The first-order valence-electron chi connectivity index (χ1n) is 1.75. The van der Waals surface area contributed by atoms with Crippen molar-refractivity contribution in [2.45, 2.75) is 13.1 Å². The minimum atomic E-state index is -0.212. The quantitative estimate of drug-likeness (QED) is 0.429. The number of alkyl halides is 1. The molecule has 0 aromatic heterocycles. The Morgan fingerprint density at radius 3 is 2.40 bits per heavy atom. The summed E-state index contributed by atoms with van der Waals surface area (Å²) < 4.78 is 11.0. The monoisotopic (exact) mass is 73.1 g/mol. The molecule has 0 fully saturated rings. The highest BCUT2D eigenvalue weighted by Gasteiger charge is 1.74. The molecule has 0 saturated carbocycles. The van der Waals surface area contributed by atoms with E-state index < -0.39 is 0 Å². The van der Waals surface area contributed by atoms with Gasteiger partial charge in [-0.2, -0.15) is 0 Å². The van der Waals surface area contributed by atoms with Gasteiger partial charge in [-0.1, -0.05) is 13.1 Å². The van der Waals surface area contributed by atoms with E-state index in [-0.39, 0.29) is 6.67 Å². The van der Waals surface area contributed by atoms with E-state index in [1.54, 1.807) is 7.28 Å². The Hall–Kier alpha value is -0.00506. The van der Waals surface area contributed by atoms with E-state index in [9.17, 15) is 4.39 Å². The summed E-state index contributed by atoms with van der Waals surface area (Å²) in [6.07, 6.45) is 0.597. The molecule has 0 aliphatic heterocycles. The molecule has 0 amide bonds. The van der Waals surface area contributed by atoms with Gasteiger partial charge in [-0.25, -0.2) is 0 Å². The van der Waals surface area contributed by atoms with Gasteiger partial charge in [0, 0.05) is 0 Å². The molecule has 0 aromatic carbocycles. The molecule has 0 nitrogen and oxygen atoms in total. The molecular weight excluding hydrogens is 65.8 g/mol. The lowest BCUT2D eigenvalue weighted by atomic mass is 9.79. The van der Waals surface area contributed by atoms with Crippen molar-refractivity contribution in [1.82, 2.24) is 0 Å². The Morgan fingerprint density at radius 1 is 1.80 bits per heavy atom.